The van der Waals surface area contributed by atoms with Crippen molar-refractivity contribution in [2.24, 2.45) is 0 Å². The van der Waals surface area contributed by atoms with E-state index < -0.39 is 0 Å². The second-order valence-corrected chi connectivity index (χ2v) is 4.48. The molecule has 1 aromatic carbocycles. The van der Waals surface area contributed by atoms with E-state index in [4.69, 9.17) is 21.1 Å². The quantitative estimate of drug-likeness (QED) is 0.879. The van der Waals surface area contributed by atoms with Crippen molar-refractivity contribution < 1.29 is 9.47 Å². The highest BCUT2D eigenvalue weighted by molar-refractivity contribution is 6.30. The van der Waals surface area contributed by atoms with Crippen LogP contribution in [0.2, 0.25) is 5.02 Å². The van der Waals surface area contributed by atoms with Crippen LogP contribution >= 0.6 is 11.6 Å². The van der Waals surface area contributed by atoms with Crippen molar-refractivity contribution >= 4 is 17.4 Å². The van der Waals surface area contributed by atoms with Crippen molar-refractivity contribution in [2.45, 2.75) is 13.3 Å². The molecule has 20 heavy (non-hydrogen) atoms. The molecule has 0 fully saturated rings. The monoisotopic (exact) mass is 293 g/mol. The minimum atomic E-state index is 0.350. The topological polar surface area (TPSA) is 56.3 Å². The average Bonchev–Trinajstić information content (AvgIpc) is 2.45. The molecule has 0 bridgehead atoms. The van der Waals surface area contributed by atoms with E-state index in [2.05, 4.69) is 22.2 Å². The largest absolute Gasteiger partial charge is 0.489 e. The Hall–Kier alpha value is -2.01. The van der Waals surface area contributed by atoms with Crippen LogP contribution in [0.4, 0.5) is 5.82 Å². The van der Waals surface area contributed by atoms with Crippen molar-refractivity contribution in [1.82, 2.24) is 9.97 Å². The molecule has 1 aromatic heterocycles. The van der Waals surface area contributed by atoms with Crippen molar-refractivity contribution in [1.29, 1.82) is 0 Å². The molecule has 5 nitrogen and oxygen atoms in total. The van der Waals surface area contributed by atoms with E-state index in [0.29, 0.717) is 28.2 Å². The maximum atomic E-state index is 5.93. The van der Waals surface area contributed by atoms with Gasteiger partial charge in [0.25, 0.3) is 5.88 Å². The maximum absolute atomic E-state index is 5.93. The fourth-order valence-corrected chi connectivity index (χ4v) is 1.81. The summed E-state index contributed by atoms with van der Waals surface area (Å²) < 4.78 is 11.0. The molecule has 2 aromatic rings. The van der Waals surface area contributed by atoms with Gasteiger partial charge in [-0.05, 0) is 24.6 Å². The number of hydrogen-bond donors (Lipinski definition) is 1. The van der Waals surface area contributed by atoms with Gasteiger partial charge in [0.05, 0.1) is 7.11 Å². The summed E-state index contributed by atoms with van der Waals surface area (Å²) in [5.74, 6) is 2.03. The molecule has 1 N–H and O–H groups in total. The number of rotatable bonds is 6. The van der Waals surface area contributed by atoms with Gasteiger partial charge in [0.2, 0.25) is 5.75 Å². The summed E-state index contributed by atoms with van der Waals surface area (Å²) in [6, 6.07) is 7.09. The molecule has 1 heterocycles. The first-order valence-electron chi connectivity index (χ1n) is 6.31. The van der Waals surface area contributed by atoms with Crippen LogP contribution in [0, 0.1) is 0 Å². The number of halogens is 1. The minimum absolute atomic E-state index is 0.350. The van der Waals surface area contributed by atoms with Crippen molar-refractivity contribution in [3.05, 3.63) is 35.6 Å². The third-order valence-corrected chi connectivity index (χ3v) is 2.76. The van der Waals surface area contributed by atoms with E-state index in [1.807, 2.05) is 6.07 Å². The number of hydrogen-bond acceptors (Lipinski definition) is 5. The Balaban J connectivity index is 2.26. The van der Waals surface area contributed by atoms with Crippen LogP contribution in [0.3, 0.4) is 0 Å². The smallest absolute Gasteiger partial charge is 0.268 e. The molecule has 0 spiro atoms. The van der Waals surface area contributed by atoms with Gasteiger partial charge in [0.1, 0.15) is 12.1 Å². The van der Waals surface area contributed by atoms with Crippen molar-refractivity contribution in [2.75, 3.05) is 19.0 Å². The lowest BCUT2D eigenvalue weighted by atomic mass is 10.3. The van der Waals surface area contributed by atoms with Gasteiger partial charge < -0.3 is 14.8 Å². The molecule has 2 rings (SSSR count). The number of ether oxygens (including phenoxy) is 2. The molecule has 0 radical (unpaired) electrons. The Bertz CT molecular complexity index is 578. The lowest BCUT2D eigenvalue weighted by Gasteiger charge is -2.13. The molecule has 0 amide bonds. The van der Waals surface area contributed by atoms with E-state index in [1.54, 1.807) is 25.3 Å². The average molecular weight is 294 g/mol. The maximum Gasteiger partial charge on any atom is 0.268 e. The van der Waals surface area contributed by atoms with E-state index in [0.717, 1.165) is 13.0 Å². The molecule has 106 valence electrons. The zero-order chi connectivity index (χ0) is 14.4. The van der Waals surface area contributed by atoms with Crippen LogP contribution in [0.15, 0.2) is 30.6 Å². The molecule has 0 aliphatic carbocycles. The van der Waals surface area contributed by atoms with E-state index in [1.165, 1.54) is 6.33 Å². The van der Waals surface area contributed by atoms with Crippen molar-refractivity contribution in [3.63, 3.8) is 0 Å². The minimum Gasteiger partial charge on any atom is -0.489 e. The lowest BCUT2D eigenvalue weighted by Crippen LogP contribution is -2.05. The Morgan fingerprint density at radius 3 is 2.85 bits per heavy atom. The summed E-state index contributed by atoms with van der Waals surface area (Å²) in [6.45, 7) is 2.87. The van der Waals surface area contributed by atoms with Gasteiger partial charge in [-0.15, -0.1) is 0 Å². The van der Waals surface area contributed by atoms with E-state index in [9.17, 15) is 0 Å². The molecule has 0 saturated heterocycles. The number of nitrogens with zero attached hydrogens (tertiary/aromatic N) is 2. The van der Waals surface area contributed by atoms with Crippen LogP contribution in [0.1, 0.15) is 13.3 Å². The Morgan fingerprint density at radius 1 is 1.30 bits per heavy atom. The first kappa shape index (κ1) is 14.4. The lowest BCUT2D eigenvalue weighted by molar-refractivity contribution is 0.369. The first-order valence-corrected chi connectivity index (χ1v) is 6.68. The normalized spacial score (nSPS) is 10.2. The summed E-state index contributed by atoms with van der Waals surface area (Å²) in [5, 5.41) is 3.77. The molecule has 0 aliphatic heterocycles. The first-order chi connectivity index (χ1) is 9.74. The predicted octanol–water partition coefficient (Wildman–Crippen LogP) is 3.75. The van der Waals surface area contributed by atoms with Gasteiger partial charge in [-0.25, -0.2) is 4.98 Å². The predicted molar refractivity (Wildman–Crippen MR) is 78.9 cm³/mol. The summed E-state index contributed by atoms with van der Waals surface area (Å²) in [4.78, 5) is 8.26. The molecule has 0 saturated carbocycles. The van der Waals surface area contributed by atoms with Crippen LogP contribution in [0.5, 0.6) is 17.4 Å². The summed E-state index contributed by atoms with van der Waals surface area (Å²) >= 11 is 5.93. The molecule has 0 atom stereocenters. The zero-order valence-corrected chi connectivity index (χ0v) is 12.1. The highest BCUT2D eigenvalue weighted by Gasteiger charge is 2.14. The molecular weight excluding hydrogens is 278 g/mol. The third kappa shape index (κ3) is 3.51. The Labute approximate surface area is 122 Å². The molecule has 0 unspecified atom stereocenters. The van der Waals surface area contributed by atoms with Crippen LogP contribution in [-0.2, 0) is 0 Å². The van der Waals surface area contributed by atoms with Crippen LogP contribution < -0.4 is 14.8 Å². The fourth-order valence-electron chi connectivity index (χ4n) is 1.63. The number of nitrogens with one attached hydrogen (secondary N) is 1. The molecule has 0 aliphatic rings. The van der Waals surface area contributed by atoms with Gasteiger partial charge in [-0.2, -0.15) is 4.98 Å². The third-order valence-electron chi connectivity index (χ3n) is 2.53. The zero-order valence-electron chi connectivity index (χ0n) is 11.4. The van der Waals surface area contributed by atoms with E-state index >= 15 is 0 Å². The number of aromatic nitrogens is 2. The number of benzene rings is 1. The SMILES string of the molecule is CCCNc1ncnc(Oc2cccc(Cl)c2)c1OC. The Kier molecular flexibility index (Phi) is 5.01. The van der Waals surface area contributed by atoms with Gasteiger partial charge in [-0.3, -0.25) is 0 Å². The second kappa shape index (κ2) is 6.96. The van der Waals surface area contributed by atoms with Gasteiger partial charge in [0, 0.05) is 11.6 Å². The van der Waals surface area contributed by atoms with Gasteiger partial charge in [-0.1, -0.05) is 24.6 Å². The summed E-state index contributed by atoms with van der Waals surface area (Å²) in [6.07, 6.45) is 2.41. The number of methoxy groups -OCH3 is 1. The highest BCUT2D eigenvalue weighted by atomic mass is 35.5. The summed E-state index contributed by atoms with van der Waals surface area (Å²) in [5.41, 5.74) is 0. The molecule has 6 heteroatoms. The second-order valence-electron chi connectivity index (χ2n) is 4.05. The van der Waals surface area contributed by atoms with Gasteiger partial charge in [0.15, 0.2) is 5.82 Å². The van der Waals surface area contributed by atoms with E-state index in [-0.39, 0.29) is 0 Å². The molecular formula is C14H16ClN3O2. The van der Waals surface area contributed by atoms with Crippen molar-refractivity contribution in [3.8, 4) is 17.4 Å². The standard InChI is InChI=1S/C14H16ClN3O2/c1-3-7-16-13-12(19-2)14(18-9-17-13)20-11-6-4-5-10(15)8-11/h4-6,8-9H,3,7H2,1-2H3,(H,16,17,18). The van der Waals surface area contributed by atoms with Crippen LogP contribution in [-0.4, -0.2) is 23.6 Å². The summed E-state index contributed by atoms with van der Waals surface area (Å²) in [7, 11) is 1.56. The van der Waals surface area contributed by atoms with Gasteiger partial charge >= 0.3 is 0 Å². The highest BCUT2D eigenvalue weighted by Crippen LogP contribution is 2.34. The number of anilines is 1. The fraction of sp³-hybridized carbons (Fsp3) is 0.286. The Morgan fingerprint density at radius 2 is 2.15 bits per heavy atom. The van der Waals surface area contributed by atoms with Crippen LogP contribution in [0.25, 0.3) is 0 Å².